The summed E-state index contributed by atoms with van der Waals surface area (Å²) in [6, 6.07) is 18.2. The van der Waals surface area contributed by atoms with Crippen LogP contribution in [0.5, 0.6) is 5.75 Å². The Kier molecular flexibility index (Phi) is 13.1. The van der Waals surface area contributed by atoms with Gasteiger partial charge >= 0.3 is 0 Å². The van der Waals surface area contributed by atoms with Crippen molar-refractivity contribution in [3.63, 3.8) is 0 Å². The second-order valence-electron chi connectivity index (χ2n) is 7.57. The first-order valence-corrected chi connectivity index (χ1v) is 10.6. The largest absolute Gasteiger partial charge is 0.497 e. The Balaban J connectivity index is 0.00000240. The third kappa shape index (κ3) is 8.60. The topological polar surface area (TPSA) is 45.2 Å². The van der Waals surface area contributed by atoms with E-state index in [2.05, 4.69) is 41.0 Å². The summed E-state index contributed by atoms with van der Waals surface area (Å²) < 4.78 is 11.2. The summed E-state index contributed by atoms with van der Waals surface area (Å²) in [6.45, 7) is 8.76. The lowest BCUT2D eigenvalue weighted by Crippen LogP contribution is -2.48. The predicted molar refractivity (Wildman–Crippen MR) is 131 cm³/mol. The van der Waals surface area contributed by atoms with Crippen molar-refractivity contribution in [2.45, 2.75) is 25.6 Å². The molecule has 2 unspecified atom stereocenters. The molecule has 1 heterocycles. The molecule has 3 rings (SSSR count). The van der Waals surface area contributed by atoms with Crippen LogP contribution in [-0.4, -0.2) is 67.9 Å². The Labute approximate surface area is 199 Å². The molecule has 1 N–H and O–H groups in total. The van der Waals surface area contributed by atoms with Crippen LogP contribution in [0.15, 0.2) is 54.6 Å². The monoisotopic (exact) mass is 470 g/mol. The van der Waals surface area contributed by atoms with Crippen LogP contribution in [-0.2, 0) is 4.74 Å². The fourth-order valence-corrected chi connectivity index (χ4v) is 3.85. The van der Waals surface area contributed by atoms with Gasteiger partial charge in [0.05, 0.1) is 19.3 Å². The zero-order chi connectivity index (χ0) is 20.5. The zero-order valence-electron chi connectivity index (χ0n) is 18.5. The number of hydrogen-bond acceptors (Lipinski definition) is 5. The molecule has 0 amide bonds. The number of hydrogen-bond donors (Lipinski definition) is 1. The minimum atomic E-state index is -0.431. The Morgan fingerprint density at radius 1 is 0.871 bits per heavy atom. The van der Waals surface area contributed by atoms with E-state index >= 15 is 0 Å². The lowest BCUT2D eigenvalue weighted by atomic mass is 10.1. The average Bonchev–Trinajstić information content (AvgIpc) is 2.78. The van der Waals surface area contributed by atoms with Crippen LogP contribution in [0.25, 0.3) is 0 Å². The molecule has 5 nitrogen and oxygen atoms in total. The van der Waals surface area contributed by atoms with Crippen LogP contribution in [0, 0.1) is 0 Å². The van der Waals surface area contributed by atoms with Gasteiger partial charge in [-0.05, 0) is 36.6 Å². The zero-order valence-corrected chi connectivity index (χ0v) is 20.1. The maximum absolute atomic E-state index is 10.5. The van der Waals surface area contributed by atoms with E-state index < -0.39 is 6.10 Å². The molecule has 0 bridgehead atoms. The van der Waals surface area contributed by atoms with Crippen LogP contribution in [0.1, 0.15) is 36.7 Å². The highest BCUT2D eigenvalue weighted by molar-refractivity contribution is 5.85. The highest BCUT2D eigenvalue weighted by atomic mass is 35.5. The van der Waals surface area contributed by atoms with Crippen molar-refractivity contribution >= 4 is 24.8 Å². The number of rotatable bonds is 10. The third-order valence-electron chi connectivity index (χ3n) is 5.65. The molecular formula is C24H36Cl2N2O3. The number of nitrogens with zero attached hydrogens (tertiary/aromatic N) is 2. The minimum Gasteiger partial charge on any atom is -0.497 e. The molecule has 1 aliphatic rings. The van der Waals surface area contributed by atoms with Crippen molar-refractivity contribution in [1.29, 1.82) is 0 Å². The maximum atomic E-state index is 10.5. The lowest BCUT2D eigenvalue weighted by molar-refractivity contribution is 0.0167. The Bertz CT molecular complexity index is 711. The summed E-state index contributed by atoms with van der Waals surface area (Å²) in [5, 5.41) is 10.5. The molecule has 7 heteroatoms. The van der Waals surface area contributed by atoms with Crippen LogP contribution >= 0.6 is 24.8 Å². The highest BCUT2D eigenvalue weighted by Crippen LogP contribution is 2.22. The van der Waals surface area contributed by atoms with E-state index in [1.165, 1.54) is 5.56 Å². The van der Waals surface area contributed by atoms with Crippen molar-refractivity contribution in [2.24, 2.45) is 0 Å². The van der Waals surface area contributed by atoms with Gasteiger partial charge in [0.1, 0.15) is 5.75 Å². The summed E-state index contributed by atoms with van der Waals surface area (Å²) in [6.07, 6.45) is 0.446. The van der Waals surface area contributed by atoms with Crippen LogP contribution in [0.3, 0.4) is 0 Å². The van der Waals surface area contributed by atoms with E-state index in [1.807, 2.05) is 30.3 Å². The van der Waals surface area contributed by atoms with Gasteiger partial charge in [-0.3, -0.25) is 4.90 Å². The van der Waals surface area contributed by atoms with Gasteiger partial charge < -0.3 is 19.5 Å². The Morgan fingerprint density at radius 3 is 2.06 bits per heavy atom. The molecule has 1 aliphatic heterocycles. The fourth-order valence-electron chi connectivity index (χ4n) is 3.85. The second kappa shape index (κ2) is 14.7. The number of aliphatic hydroxyl groups is 1. The molecule has 2 aromatic carbocycles. The molecule has 0 radical (unpaired) electrons. The summed E-state index contributed by atoms with van der Waals surface area (Å²) in [5.41, 5.74) is 2.20. The van der Waals surface area contributed by atoms with Gasteiger partial charge in [0.25, 0.3) is 0 Å². The van der Waals surface area contributed by atoms with E-state index in [0.717, 1.165) is 63.6 Å². The van der Waals surface area contributed by atoms with E-state index in [9.17, 15) is 5.11 Å². The highest BCUT2D eigenvalue weighted by Gasteiger charge is 2.22. The average molecular weight is 471 g/mol. The summed E-state index contributed by atoms with van der Waals surface area (Å²) in [5.74, 6) is 0.818. The summed E-state index contributed by atoms with van der Waals surface area (Å²) >= 11 is 0. The second-order valence-corrected chi connectivity index (χ2v) is 7.57. The van der Waals surface area contributed by atoms with E-state index in [-0.39, 0.29) is 30.9 Å². The van der Waals surface area contributed by atoms with Crippen molar-refractivity contribution < 1.29 is 14.6 Å². The van der Waals surface area contributed by atoms with Crippen LogP contribution in [0.4, 0.5) is 0 Å². The van der Waals surface area contributed by atoms with Crippen molar-refractivity contribution in [3.8, 4) is 5.75 Å². The first-order chi connectivity index (χ1) is 14.2. The number of methoxy groups -OCH3 is 1. The molecule has 1 saturated heterocycles. The van der Waals surface area contributed by atoms with Crippen molar-refractivity contribution in [1.82, 2.24) is 9.80 Å². The van der Waals surface area contributed by atoms with Gasteiger partial charge in [-0.15, -0.1) is 24.8 Å². The van der Waals surface area contributed by atoms with Crippen LogP contribution in [0.2, 0.25) is 0 Å². The van der Waals surface area contributed by atoms with Gasteiger partial charge in [0.2, 0.25) is 0 Å². The summed E-state index contributed by atoms with van der Waals surface area (Å²) in [4.78, 5) is 4.94. The normalized spacial score (nSPS) is 16.6. The van der Waals surface area contributed by atoms with Gasteiger partial charge in [-0.1, -0.05) is 42.5 Å². The molecule has 0 saturated carbocycles. The van der Waals surface area contributed by atoms with Gasteiger partial charge in [-0.2, -0.15) is 0 Å². The Hall–Kier alpha value is -1.34. The standard InChI is InChI=1S/C24H34N2O3.2ClH/c1-3-29-24(21-7-5-4-6-8-21)19-26-17-15-25(16-18-26)14-13-23(27)20-9-11-22(28-2)12-10-20;;/h4-12,23-24,27H,3,13-19H2,1-2H3;2*1H. The molecule has 0 aliphatic carbocycles. The van der Waals surface area contributed by atoms with E-state index in [1.54, 1.807) is 7.11 Å². The quantitative estimate of drug-likeness (QED) is 0.558. The number of halogens is 2. The van der Waals surface area contributed by atoms with Crippen molar-refractivity contribution in [3.05, 3.63) is 65.7 Å². The van der Waals surface area contributed by atoms with Gasteiger partial charge in [0.15, 0.2) is 0 Å². The lowest BCUT2D eigenvalue weighted by Gasteiger charge is -2.36. The summed E-state index contributed by atoms with van der Waals surface area (Å²) in [7, 11) is 1.65. The first-order valence-electron chi connectivity index (χ1n) is 10.6. The molecule has 2 atom stereocenters. The molecule has 0 spiro atoms. The Morgan fingerprint density at radius 2 is 1.48 bits per heavy atom. The minimum absolute atomic E-state index is 0. The van der Waals surface area contributed by atoms with E-state index in [0.29, 0.717) is 0 Å². The number of aliphatic hydroxyl groups excluding tert-OH is 1. The molecule has 0 aromatic heterocycles. The molecule has 1 fully saturated rings. The molecule has 174 valence electrons. The van der Waals surface area contributed by atoms with Crippen molar-refractivity contribution in [2.75, 3.05) is 53.0 Å². The number of piperazine rings is 1. The molecule has 2 aromatic rings. The van der Waals surface area contributed by atoms with Crippen LogP contribution < -0.4 is 4.74 Å². The van der Waals surface area contributed by atoms with E-state index in [4.69, 9.17) is 9.47 Å². The number of benzene rings is 2. The smallest absolute Gasteiger partial charge is 0.118 e. The van der Waals surface area contributed by atoms with Gasteiger partial charge in [0, 0.05) is 45.9 Å². The SMILES string of the molecule is CCOC(CN1CCN(CCC(O)c2ccc(OC)cc2)CC1)c1ccccc1.Cl.Cl. The number of ether oxygens (including phenoxy) is 2. The van der Waals surface area contributed by atoms with Gasteiger partial charge in [-0.25, -0.2) is 0 Å². The molecule has 31 heavy (non-hydrogen) atoms. The maximum Gasteiger partial charge on any atom is 0.118 e. The first kappa shape index (κ1) is 27.7. The third-order valence-corrected chi connectivity index (χ3v) is 5.65. The predicted octanol–water partition coefficient (Wildman–Crippen LogP) is 4.36. The fraction of sp³-hybridized carbons (Fsp3) is 0.500. The molecular weight excluding hydrogens is 435 g/mol.